The molecule has 120 valence electrons. The van der Waals surface area contributed by atoms with Gasteiger partial charge in [-0.05, 0) is 37.0 Å². The third-order valence-corrected chi connectivity index (χ3v) is 3.76. The summed E-state index contributed by atoms with van der Waals surface area (Å²) in [5.41, 5.74) is 1.93. The summed E-state index contributed by atoms with van der Waals surface area (Å²) in [7, 11) is 0. The number of amides is 2. The number of carbonyl (C=O) groups is 1. The summed E-state index contributed by atoms with van der Waals surface area (Å²) in [5, 5.41) is 9.33. The normalized spacial score (nSPS) is 12.7. The Labute approximate surface area is 132 Å². The largest absolute Gasteiger partial charge is 0.336 e. The molecule has 0 atom stereocenters. The lowest BCUT2D eigenvalue weighted by molar-refractivity contribution is 0.251. The van der Waals surface area contributed by atoms with Crippen LogP contribution < -0.4 is 16.2 Å². The number of anilines is 1. The van der Waals surface area contributed by atoms with E-state index < -0.39 is 11.8 Å². The molecular weight excluding hydrogens is 299 g/mol. The highest BCUT2D eigenvalue weighted by atomic mass is 19.1. The van der Waals surface area contributed by atoms with Gasteiger partial charge in [0.05, 0.1) is 17.9 Å². The number of para-hydroxylation sites is 1. The Morgan fingerprint density at radius 3 is 2.96 bits per heavy atom. The Hall–Kier alpha value is -2.70. The molecule has 7 heteroatoms. The molecule has 2 amide bonds. The summed E-state index contributed by atoms with van der Waals surface area (Å²) < 4.78 is 14.8. The van der Waals surface area contributed by atoms with Crippen LogP contribution in [0.3, 0.4) is 0 Å². The number of benzene rings is 1. The zero-order valence-electron chi connectivity index (χ0n) is 12.5. The molecule has 6 nitrogen and oxygen atoms in total. The fourth-order valence-corrected chi connectivity index (χ4v) is 2.60. The minimum absolute atomic E-state index is 0.109. The number of nitrogens with one attached hydrogen (secondary N) is 2. The third-order valence-electron chi connectivity index (χ3n) is 3.76. The van der Waals surface area contributed by atoms with Gasteiger partial charge in [-0.15, -0.1) is 0 Å². The molecule has 3 rings (SSSR count). The number of fused-ring (bicyclic) bond motifs is 1. The van der Waals surface area contributed by atoms with Gasteiger partial charge >= 0.3 is 6.03 Å². The Morgan fingerprint density at radius 2 is 2.13 bits per heavy atom. The number of rotatable bonds is 4. The number of aryl methyl sites for hydroxylation is 2. The van der Waals surface area contributed by atoms with Gasteiger partial charge in [0.15, 0.2) is 0 Å². The van der Waals surface area contributed by atoms with Crippen molar-refractivity contribution in [2.24, 2.45) is 0 Å². The molecule has 0 spiro atoms. The summed E-state index contributed by atoms with van der Waals surface area (Å²) >= 11 is 0. The average Bonchev–Trinajstić information content (AvgIpc) is 2.97. The summed E-state index contributed by atoms with van der Waals surface area (Å²) in [4.78, 5) is 23.6. The lowest BCUT2D eigenvalue weighted by Crippen LogP contribution is -2.35. The van der Waals surface area contributed by atoms with E-state index in [9.17, 15) is 14.0 Å². The maximum absolute atomic E-state index is 13.4. The van der Waals surface area contributed by atoms with Crippen molar-refractivity contribution in [2.75, 3.05) is 11.9 Å². The molecule has 2 aromatic rings. The van der Waals surface area contributed by atoms with Crippen LogP contribution in [0.1, 0.15) is 17.7 Å². The topological polar surface area (TPSA) is 76.0 Å². The van der Waals surface area contributed by atoms with Crippen LogP contribution in [0.5, 0.6) is 0 Å². The van der Waals surface area contributed by atoms with Crippen LogP contribution in [0.4, 0.5) is 14.9 Å². The van der Waals surface area contributed by atoms with E-state index in [1.165, 1.54) is 16.8 Å². The van der Waals surface area contributed by atoms with Gasteiger partial charge in [0, 0.05) is 12.6 Å². The van der Waals surface area contributed by atoms with Crippen molar-refractivity contribution < 1.29 is 9.18 Å². The van der Waals surface area contributed by atoms with E-state index in [1.54, 1.807) is 18.2 Å². The second-order valence-electron chi connectivity index (χ2n) is 5.39. The summed E-state index contributed by atoms with van der Waals surface area (Å²) in [6.45, 7) is 0.503. The molecule has 1 aliphatic rings. The van der Waals surface area contributed by atoms with Crippen molar-refractivity contribution in [3.8, 4) is 0 Å². The molecule has 0 aliphatic heterocycles. The first-order chi connectivity index (χ1) is 11.1. The number of nitrogens with zero attached hydrogens (tertiary/aromatic N) is 2. The standard InChI is InChI=1S/C16H17FN4O2/c17-12-5-1-2-6-14(12)19-16(23)18-8-9-21-15(22)10-11-4-3-7-13(11)20-21/h1-2,5-6,10H,3-4,7-9H2,(H2,18,19,23). The molecule has 0 fully saturated rings. The lowest BCUT2D eigenvalue weighted by Gasteiger charge is -2.10. The van der Waals surface area contributed by atoms with Crippen LogP contribution >= 0.6 is 0 Å². The van der Waals surface area contributed by atoms with Crippen molar-refractivity contribution in [1.29, 1.82) is 0 Å². The second kappa shape index (κ2) is 6.60. The van der Waals surface area contributed by atoms with Gasteiger partial charge in [-0.1, -0.05) is 12.1 Å². The van der Waals surface area contributed by atoms with Gasteiger partial charge in [-0.2, -0.15) is 5.10 Å². The molecule has 1 heterocycles. The number of halogens is 1. The van der Waals surface area contributed by atoms with Crippen LogP contribution in [0.2, 0.25) is 0 Å². The van der Waals surface area contributed by atoms with Crippen molar-refractivity contribution in [3.05, 3.63) is 57.8 Å². The first-order valence-electron chi connectivity index (χ1n) is 7.53. The number of urea groups is 1. The Balaban J connectivity index is 1.55. The monoisotopic (exact) mass is 316 g/mol. The smallest absolute Gasteiger partial charge is 0.319 e. The molecule has 1 aromatic carbocycles. The van der Waals surface area contributed by atoms with E-state index in [0.717, 1.165) is 30.5 Å². The van der Waals surface area contributed by atoms with Gasteiger partial charge in [0.2, 0.25) is 0 Å². The van der Waals surface area contributed by atoms with Crippen LogP contribution in [0.25, 0.3) is 0 Å². The van der Waals surface area contributed by atoms with E-state index in [4.69, 9.17) is 0 Å². The van der Waals surface area contributed by atoms with Crippen LogP contribution in [0, 0.1) is 5.82 Å². The van der Waals surface area contributed by atoms with Crippen LogP contribution in [-0.2, 0) is 19.4 Å². The quantitative estimate of drug-likeness (QED) is 0.901. The Morgan fingerprint density at radius 1 is 1.30 bits per heavy atom. The van der Waals surface area contributed by atoms with Crippen molar-refractivity contribution in [2.45, 2.75) is 25.8 Å². The number of aromatic nitrogens is 2. The van der Waals surface area contributed by atoms with Crippen LogP contribution in [-0.4, -0.2) is 22.4 Å². The van der Waals surface area contributed by atoms with Crippen molar-refractivity contribution in [1.82, 2.24) is 15.1 Å². The van der Waals surface area contributed by atoms with Gasteiger partial charge < -0.3 is 10.6 Å². The SMILES string of the molecule is O=C(NCCn1nc2c(cc1=O)CCC2)Nc1ccccc1F. The second-order valence-corrected chi connectivity index (χ2v) is 5.39. The van der Waals surface area contributed by atoms with E-state index in [2.05, 4.69) is 15.7 Å². The molecule has 23 heavy (non-hydrogen) atoms. The van der Waals surface area contributed by atoms with Crippen LogP contribution in [0.15, 0.2) is 35.1 Å². The molecule has 0 saturated heterocycles. The van der Waals surface area contributed by atoms with E-state index in [1.807, 2.05) is 0 Å². The third kappa shape index (κ3) is 3.56. The van der Waals surface area contributed by atoms with E-state index in [-0.39, 0.29) is 24.3 Å². The number of hydrogen-bond acceptors (Lipinski definition) is 3. The maximum atomic E-state index is 13.4. The predicted molar refractivity (Wildman–Crippen MR) is 83.9 cm³/mol. The zero-order valence-corrected chi connectivity index (χ0v) is 12.5. The molecule has 0 unspecified atom stereocenters. The molecule has 1 aromatic heterocycles. The first kappa shape index (κ1) is 15.2. The fraction of sp³-hybridized carbons (Fsp3) is 0.312. The Bertz CT molecular complexity index is 788. The van der Waals surface area contributed by atoms with Crippen molar-refractivity contribution >= 4 is 11.7 Å². The highest BCUT2D eigenvalue weighted by molar-refractivity contribution is 5.89. The molecule has 0 saturated carbocycles. The number of carbonyl (C=O) groups excluding carboxylic acids is 1. The highest BCUT2D eigenvalue weighted by Gasteiger charge is 2.14. The average molecular weight is 316 g/mol. The van der Waals surface area contributed by atoms with Gasteiger partial charge in [0.1, 0.15) is 5.82 Å². The molecule has 2 N–H and O–H groups in total. The van der Waals surface area contributed by atoms with E-state index in [0.29, 0.717) is 0 Å². The summed E-state index contributed by atoms with van der Waals surface area (Å²) in [6.07, 6.45) is 2.81. The lowest BCUT2D eigenvalue weighted by atomic mass is 10.2. The Kier molecular flexibility index (Phi) is 4.36. The minimum Gasteiger partial charge on any atom is -0.336 e. The summed E-state index contributed by atoms with van der Waals surface area (Å²) in [6, 6.07) is 7.01. The maximum Gasteiger partial charge on any atom is 0.319 e. The molecule has 0 radical (unpaired) electrons. The number of hydrogen-bond donors (Lipinski definition) is 2. The highest BCUT2D eigenvalue weighted by Crippen LogP contribution is 2.16. The van der Waals surface area contributed by atoms with Crippen molar-refractivity contribution in [3.63, 3.8) is 0 Å². The van der Waals surface area contributed by atoms with Gasteiger partial charge in [-0.3, -0.25) is 4.79 Å². The summed E-state index contributed by atoms with van der Waals surface area (Å²) in [5.74, 6) is -0.501. The van der Waals surface area contributed by atoms with E-state index >= 15 is 0 Å². The molecule has 1 aliphatic carbocycles. The molecule has 0 bridgehead atoms. The molecular formula is C16H17FN4O2. The van der Waals surface area contributed by atoms with Gasteiger partial charge in [-0.25, -0.2) is 13.9 Å². The van der Waals surface area contributed by atoms with Gasteiger partial charge in [0.25, 0.3) is 5.56 Å². The minimum atomic E-state index is -0.524. The predicted octanol–water partition coefficient (Wildman–Crippen LogP) is 1.69. The first-order valence-corrected chi connectivity index (χ1v) is 7.53. The fourth-order valence-electron chi connectivity index (χ4n) is 2.60. The zero-order chi connectivity index (χ0) is 16.2.